The minimum Gasteiger partial charge on any atom is -0.299 e. The molecule has 3 aromatic heterocycles. The minimum absolute atomic E-state index is 0.000843. The number of sulfonamides is 1. The summed E-state index contributed by atoms with van der Waals surface area (Å²) in [6.45, 7) is 1.86. The van der Waals surface area contributed by atoms with Gasteiger partial charge in [-0.3, -0.25) is 9.12 Å². The lowest BCUT2D eigenvalue weighted by Crippen LogP contribution is -2.13. The van der Waals surface area contributed by atoms with Crippen LogP contribution in [-0.4, -0.2) is 22.8 Å². The third-order valence-corrected chi connectivity index (χ3v) is 5.87. The molecule has 6 nitrogen and oxygen atoms in total. The van der Waals surface area contributed by atoms with Crippen LogP contribution >= 0.6 is 11.6 Å². The number of aryl methyl sites for hydroxylation is 1. The summed E-state index contributed by atoms with van der Waals surface area (Å²) in [5, 5.41) is 0.000843. The van der Waals surface area contributed by atoms with E-state index in [1.165, 1.54) is 12.1 Å². The molecule has 0 amide bonds. The molecule has 9 heteroatoms. The highest BCUT2D eigenvalue weighted by Gasteiger charge is 2.18. The van der Waals surface area contributed by atoms with Gasteiger partial charge in [-0.2, -0.15) is 0 Å². The molecule has 4 aromatic rings. The smallest absolute Gasteiger partial charge is 0.261 e. The van der Waals surface area contributed by atoms with E-state index in [1.54, 1.807) is 12.3 Å². The van der Waals surface area contributed by atoms with Crippen LogP contribution in [0, 0.1) is 12.7 Å². The first-order chi connectivity index (χ1) is 13.3. The molecular weight excluding hydrogens is 403 g/mol. The number of rotatable bonds is 4. The number of hydrogen-bond donors (Lipinski definition) is 1. The zero-order valence-electron chi connectivity index (χ0n) is 14.6. The van der Waals surface area contributed by atoms with Crippen molar-refractivity contribution in [3.05, 3.63) is 77.6 Å². The summed E-state index contributed by atoms with van der Waals surface area (Å²) in [6.07, 6.45) is 3.42. The van der Waals surface area contributed by atoms with Crippen LogP contribution in [-0.2, 0) is 10.0 Å². The average molecular weight is 417 g/mol. The van der Waals surface area contributed by atoms with Gasteiger partial charge in [0.25, 0.3) is 10.0 Å². The fourth-order valence-electron chi connectivity index (χ4n) is 2.93. The van der Waals surface area contributed by atoms with Gasteiger partial charge in [-0.25, -0.2) is 22.8 Å². The summed E-state index contributed by atoms with van der Waals surface area (Å²) in [5.74, 6) is -0.524. The fraction of sp³-hybridized carbons (Fsp3) is 0.0526. The lowest BCUT2D eigenvalue weighted by atomic mass is 10.1. The maximum absolute atomic E-state index is 13.1. The van der Waals surface area contributed by atoms with Gasteiger partial charge < -0.3 is 0 Å². The van der Waals surface area contributed by atoms with Crippen molar-refractivity contribution in [2.24, 2.45) is 0 Å². The summed E-state index contributed by atoms with van der Waals surface area (Å²) < 4.78 is 42.6. The van der Waals surface area contributed by atoms with Crippen molar-refractivity contribution < 1.29 is 12.8 Å². The molecule has 142 valence electrons. The molecule has 0 fully saturated rings. The predicted molar refractivity (Wildman–Crippen MR) is 105 cm³/mol. The first-order valence-corrected chi connectivity index (χ1v) is 10.1. The topological polar surface area (TPSA) is 76.4 Å². The van der Waals surface area contributed by atoms with Crippen molar-refractivity contribution in [3.8, 4) is 11.3 Å². The summed E-state index contributed by atoms with van der Waals surface area (Å²) in [4.78, 5) is 8.53. The van der Waals surface area contributed by atoms with Crippen molar-refractivity contribution in [1.82, 2.24) is 14.4 Å². The second-order valence-electron chi connectivity index (χ2n) is 6.10. The lowest BCUT2D eigenvalue weighted by molar-refractivity contribution is 0.599. The third-order valence-electron chi connectivity index (χ3n) is 4.18. The molecule has 28 heavy (non-hydrogen) atoms. The lowest BCUT2D eigenvalue weighted by Gasteiger charge is -2.11. The van der Waals surface area contributed by atoms with Crippen LogP contribution in [0.25, 0.3) is 16.9 Å². The first kappa shape index (κ1) is 18.4. The third kappa shape index (κ3) is 3.32. The number of hydrogen-bond acceptors (Lipinski definition) is 4. The largest absolute Gasteiger partial charge is 0.299 e. The van der Waals surface area contributed by atoms with Gasteiger partial charge in [0.2, 0.25) is 0 Å². The van der Waals surface area contributed by atoms with Crippen LogP contribution in [0.3, 0.4) is 0 Å². The number of nitrogens with zero attached hydrogens (tertiary/aromatic N) is 3. The highest BCUT2D eigenvalue weighted by molar-refractivity contribution is 7.92. The van der Waals surface area contributed by atoms with Crippen LogP contribution in [0.1, 0.15) is 5.69 Å². The first-order valence-electron chi connectivity index (χ1n) is 8.23. The second kappa shape index (κ2) is 6.88. The van der Waals surface area contributed by atoms with Crippen LogP contribution < -0.4 is 4.72 Å². The average Bonchev–Trinajstić information content (AvgIpc) is 2.99. The van der Waals surface area contributed by atoms with E-state index in [1.807, 2.05) is 35.7 Å². The summed E-state index contributed by atoms with van der Waals surface area (Å²) >= 11 is 6.11. The van der Waals surface area contributed by atoms with Crippen molar-refractivity contribution in [3.63, 3.8) is 0 Å². The molecule has 0 bridgehead atoms. The quantitative estimate of drug-likeness (QED) is 0.503. The molecule has 0 saturated heterocycles. The van der Waals surface area contributed by atoms with Crippen LogP contribution in [0.5, 0.6) is 0 Å². The standard InChI is InChI=1S/C19H14ClFN4O2S/c1-12-18(25-9-3-2-4-17(25)23-12)13-10-16(19(20)22-11-13)24-28(26,27)15-7-5-14(21)6-8-15/h2-11,24H,1H3. The van der Waals surface area contributed by atoms with Gasteiger partial charge in [0.1, 0.15) is 11.5 Å². The molecule has 1 N–H and O–H groups in total. The Morgan fingerprint density at radius 1 is 1.14 bits per heavy atom. The summed E-state index contributed by atoms with van der Waals surface area (Å²) in [7, 11) is -3.95. The Morgan fingerprint density at radius 3 is 2.64 bits per heavy atom. The number of nitrogens with one attached hydrogen (secondary N) is 1. The molecule has 0 aliphatic heterocycles. The highest BCUT2D eigenvalue weighted by Crippen LogP contribution is 2.30. The van der Waals surface area contributed by atoms with Gasteiger partial charge in [0.05, 0.1) is 22.0 Å². The SMILES string of the molecule is Cc1nc2ccccn2c1-c1cnc(Cl)c(NS(=O)(=O)c2ccc(F)cc2)c1. The second-order valence-corrected chi connectivity index (χ2v) is 8.14. The molecule has 3 heterocycles. The van der Waals surface area contributed by atoms with Gasteiger partial charge >= 0.3 is 0 Å². The van der Waals surface area contributed by atoms with E-state index >= 15 is 0 Å². The van der Waals surface area contributed by atoms with E-state index in [0.29, 0.717) is 5.56 Å². The van der Waals surface area contributed by atoms with Gasteiger partial charge in [-0.15, -0.1) is 0 Å². The van der Waals surface area contributed by atoms with Crippen molar-refractivity contribution in [2.75, 3.05) is 4.72 Å². The number of aromatic nitrogens is 3. The Labute approximate surface area is 165 Å². The number of fused-ring (bicyclic) bond motifs is 1. The molecule has 0 spiro atoms. The van der Waals surface area contributed by atoms with E-state index < -0.39 is 15.8 Å². The number of halogens is 2. The minimum atomic E-state index is -3.95. The Hall–Kier alpha value is -2.97. The zero-order valence-corrected chi connectivity index (χ0v) is 16.2. The van der Waals surface area contributed by atoms with E-state index in [0.717, 1.165) is 29.2 Å². The highest BCUT2D eigenvalue weighted by atomic mass is 35.5. The predicted octanol–water partition coefficient (Wildman–Crippen LogP) is 4.30. The van der Waals surface area contributed by atoms with Crippen molar-refractivity contribution >= 4 is 33.0 Å². The number of benzene rings is 1. The fourth-order valence-corrected chi connectivity index (χ4v) is 4.19. The van der Waals surface area contributed by atoms with Gasteiger partial charge in [-0.05, 0) is 49.4 Å². The molecule has 0 aliphatic rings. The molecule has 0 atom stereocenters. The van der Waals surface area contributed by atoms with Gasteiger partial charge in [0, 0.05) is 18.0 Å². The normalized spacial score (nSPS) is 11.7. The van der Waals surface area contributed by atoms with Gasteiger partial charge in [0.15, 0.2) is 5.15 Å². The Bertz CT molecular complexity index is 1290. The number of imidazole rings is 1. The molecule has 0 unspecified atom stereocenters. The number of pyridine rings is 2. The Morgan fingerprint density at radius 2 is 1.89 bits per heavy atom. The van der Waals surface area contributed by atoms with E-state index in [9.17, 15) is 12.8 Å². The number of anilines is 1. The molecule has 1 aromatic carbocycles. The van der Waals surface area contributed by atoms with E-state index in [2.05, 4.69) is 14.7 Å². The monoisotopic (exact) mass is 416 g/mol. The summed E-state index contributed by atoms with van der Waals surface area (Å²) in [6, 6.07) is 11.7. The van der Waals surface area contributed by atoms with Crippen molar-refractivity contribution in [2.45, 2.75) is 11.8 Å². The van der Waals surface area contributed by atoms with Gasteiger partial charge in [-0.1, -0.05) is 17.7 Å². The maximum atomic E-state index is 13.1. The van der Waals surface area contributed by atoms with Crippen molar-refractivity contribution in [1.29, 1.82) is 0 Å². The Balaban J connectivity index is 1.77. The van der Waals surface area contributed by atoms with Crippen LogP contribution in [0.4, 0.5) is 10.1 Å². The molecule has 0 radical (unpaired) electrons. The van der Waals surface area contributed by atoms with E-state index in [4.69, 9.17) is 11.6 Å². The van der Waals surface area contributed by atoms with Crippen LogP contribution in [0.2, 0.25) is 5.15 Å². The van der Waals surface area contributed by atoms with Crippen LogP contribution in [0.15, 0.2) is 65.8 Å². The Kier molecular flexibility index (Phi) is 4.52. The summed E-state index contributed by atoms with van der Waals surface area (Å²) in [5.41, 5.74) is 3.08. The molecule has 4 rings (SSSR count). The molecule has 0 saturated carbocycles. The van der Waals surface area contributed by atoms with E-state index in [-0.39, 0.29) is 15.7 Å². The molecule has 0 aliphatic carbocycles. The zero-order chi connectivity index (χ0) is 19.9. The maximum Gasteiger partial charge on any atom is 0.261 e. The molecular formula is C19H14ClFN4O2S.